The molecule has 0 spiro atoms. The van der Waals surface area contributed by atoms with Gasteiger partial charge in [0.1, 0.15) is 0 Å². The second-order valence-electron chi connectivity index (χ2n) is 3.05. The Morgan fingerprint density at radius 1 is 1.62 bits per heavy atom. The molecule has 0 aliphatic heterocycles. The molecule has 0 fully saturated rings. The Morgan fingerprint density at radius 2 is 2.31 bits per heavy atom. The van der Waals surface area contributed by atoms with E-state index in [1.54, 1.807) is 6.26 Å². The molecule has 2 unspecified atom stereocenters. The summed E-state index contributed by atoms with van der Waals surface area (Å²) in [5.74, 6) is 0.746. The molecule has 0 aromatic heterocycles. The standard InChI is InChI=1S/C9H18N2OS/c1-3-9(5-6-10)11-7-4-8-13(2)12/h9,11H,3-5,7-8H2,1-2H3. The van der Waals surface area contributed by atoms with E-state index >= 15 is 0 Å². The Labute approximate surface area is 83.0 Å². The van der Waals surface area contributed by atoms with Gasteiger partial charge in [-0.25, -0.2) is 0 Å². The van der Waals surface area contributed by atoms with Crippen LogP contribution in [0.3, 0.4) is 0 Å². The molecule has 0 radical (unpaired) electrons. The van der Waals surface area contributed by atoms with Gasteiger partial charge in [-0.3, -0.25) is 4.21 Å². The number of nitrogens with one attached hydrogen (secondary N) is 1. The molecule has 0 aliphatic carbocycles. The fourth-order valence-corrected chi connectivity index (χ4v) is 1.60. The van der Waals surface area contributed by atoms with E-state index in [4.69, 9.17) is 5.26 Å². The van der Waals surface area contributed by atoms with E-state index in [1.165, 1.54) is 0 Å². The minimum atomic E-state index is -0.691. The van der Waals surface area contributed by atoms with Crippen molar-refractivity contribution in [1.29, 1.82) is 5.26 Å². The minimum absolute atomic E-state index is 0.301. The zero-order valence-corrected chi connectivity index (χ0v) is 9.19. The number of hydrogen-bond donors (Lipinski definition) is 1. The molecule has 2 atom stereocenters. The third kappa shape index (κ3) is 7.94. The minimum Gasteiger partial charge on any atom is -0.313 e. The van der Waals surface area contributed by atoms with Crippen molar-refractivity contribution in [3.63, 3.8) is 0 Å². The normalized spacial score (nSPS) is 14.8. The van der Waals surface area contributed by atoms with Gasteiger partial charge in [0.15, 0.2) is 0 Å². The van der Waals surface area contributed by atoms with E-state index in [-0.39, 0.29) is 0 Å². The van der Waals surface area contributed by atoms with E-state index in [1.807, 2.05) is 0 Å². The maximum atomic E-state index is 10.7. The Balaban J connectivity index is 3.39. The van der Waals surface area contributed by atoms with Crippen LogP contribution < -0.4 is 5.32 Å². The third-order valence-electron chi connectivity index (χ3n) is 1.87. The van der Waals surface area contributed by atoms with E-state index in [0.29, 0.717) is 12.5 Å². The summed E-state index contributed by atoms with van der Waals surface area (Å²) in [4.78, 5) is 0. The molecule has 1 N–H and O–H groups in total. The lowest BCUT2D eigenvalue weighted by Gasteiger charge is -2.12. The van der Waals surface area contributed by atoms with E-state index < -0.39 is 10.8 Å². The van der Waals surface area contributed by atoms with E-state index in [2.05, 4.69) is 18.3 Å². The van der Waals surface area contributed by atoms with Crippen LogP contribution in [0.4, 0.5) is 0 Å². The number of nitrogens with zero attached hydrogens (tertiary/aromatic N) is 1. The summed E-state index contributed by atoms with van der Waals surface area (Å²) in [6.07, 6.45) is 4.17. The van der Waals surface area contributed by atoms with Gasteiger partial charge in [0.2, 0.25) is 0 Å². The lowest BCUT2D eigenvalue weighted by Crippen LogP contribution is -2.29. The second-order valence-corrected chi connectivity index (χ2v) is 4.61. The summed E-state index contributed by atoms with van der Waals surface area (Å²) >= 11 is 0. The maximum absolute atomic E-state index is 10.7. The Morgan fingerprint density at radius 3 is 2.77 bits per heavy atom. The lowest BCUT2D eigenvalue weighted by atomic mass is 10.1. The van der Waals surface area contributed by atoms with E-state index in [9.17, 15) is 4.21 Å². The summed E-state index contributed by atoms with van der Waals surface area (Å²) in [7, 11) is -0.691. The maximum Gasteiger partial charge on any atom is 0.0638 e. The highest BCUT2D eigenvalue weighted by molar-refractivity contribution is 7.84. The summed E-state index contributed by atoms with van der Waals surface area (Å²) in [5, 5.41) is 11.7. The van der Waals surface area contributed by atoms with Crippen LogP contribution in [0, 0.1) is 11.3 Å². The fraction of sp³-hybridized carbons (Fsp3) is 0.889. The van der Waals surface area contributed by atoms with Gasteiger partial charge in [0.05, 0.1) is 12.5 Å². The molecule has 0 aromatic rings. The van der Waals surface area contributed by atoms with Gasteiger partial charge in [-0.15, -0.1) is 0 Å². The predicted octanol–water partition coefficient (Wildman–Crippen LogP) is 1.04. The van der Waals surface area contributed by atoms with Crippen LogP contribution in [0.1, 0.15) is 26.2 Å². The SMILES string of the molecule is CCC(CC#N)NCCCS(C)=O. The third-order valence-corrected chi connectivity index (χ3v) is 2.74. The number of nitriles is 1. The van der Waals surface area contributed by atoms with Crippen molar-refractivity contribution in [2.75, 3.05) is 18.6 Å². The van der Waals surface area contributed by atoms with Crippen LogP contribution in [0.15, 0.2) is 0 Å². The monoisotopic (exact) mass is 202 g/mol. The molecule has 0 aromatic carbocycles. The molecule has 4 heteroatoms. The molecule has 76 valence electrons. The average Bonchev–Trinajstić information content (AvgIpc) is 2.10. The molecule has 13 heavy (non-hydrogen) atoms. The molecule has 3 nitrogen and oxygen atoms in total. The van der Waals surface area contributed by atoms with Gasteiger partial charge in [0, 0.05) is 28.9 Å². The zero-order valence-electron chi connectivity index (χ0n) is 8.38. The first-order valence-corrected chi connectivity index (χ1v) is 6.33. The molecule has 0 saturated carbocycles. The zero-order chi connectivity index (χ0) is 10.1. The van der Waals surface area contributed by atoms with Crippen molar-refractivity contribution in [3.8, 4) is 6.07 Å². The van der Waals surface area contributed by atoms with Crippen LogP contribution in [0.5, 0.6) is 0 Å². The molecule has 0 bridgehead atoms. The molecule has 0 amide bonds. The van der Waals surface area contributed by atoms with Crippen LogP contribution >= 0.6 is 0 Å². The first kappa shape index (κ1) is 12.6. The molecular formula is C9H18N2OS. The summed E-state index contributed by atoms with van der Waals surface area (Å²) in [6, 6.07) is 2.45. The van der Waals surface area contributed by atoms with Crippen molar-refractivity contribution in [2.45, 2.75) is 32.2 Å². The van der Waals surface area contributed by atoms with Crippen molar-refractivity contribution in [3.05, 3.63) is 0 Å². The first-order chi connectivity index (χ1) is 6.20. The average molecular weight is 202 g/mol. The van der Waals surface area contributed by atoms with Gasteiger partial charge < -0.3 is 5.32 Å². The summed E-state index contributed by atoms with van der Waals surface area (Å²) in [6.45, 7) is 2.92. The van der Waals surface area contributed by atoms with Crippen molar-refractivity contribution in [1.82, 2.24) is 5.32 Å². The second kappa shape index (κ2) is 8.21. The van der Waals surface area contributed by atoms with Crippen LogP contribution in [-0.4, -0.2) is 28.8 Å². The van der Waals surface area contributed by atoms with Crippen LogP contribution in [0.2, 0.25) is 0 Å². The number of hydrogen-bond acceptors (Lipinski definition) is 3. The van der Waals surface area contributed by atoms with Crippen molar-refractivity contribution < 1.29 is 4.21 Å². The largest absolute Gasteiger partial charge is 0.313 e. The predicted molar refractivity (Wildman–Crippen MR) is 55.9 cm³/mol. The van der Waals surface area contributed by atoms with Crippen molar-refractivity contribution in [2.24, 2.45) is 0 Å². The Bertz CT molecular complexity index is 189. The van der Waals surface area contributed by atoms with Gasteiger partial charge >= 0.3 is 0 Å². The van der Waals surface area contributed by atoms with Crippen LogP contribution in [-0.2, 0) is 10.8 Å². The fourth-order valence-electron chi connectivity index (χ4n) is 1.05. The molecule has 0 rings (SSSR count). The van der Waals surface area contributed by atoms with Gasteiger partial charge in [-0.05, 0) is 19.4 Å². The van der Waals surface area contributed by atoms with Gasteiger partial charge in [-0.1, -0.05) is 6.92 Å². The number of rotatable bonds is 7. The Hall–Kier alpha value is -0.400. The molecule has 0 aliphatic rings. The quantitative estimate of drug-likeness (QED) is 0.627. The van der Waals surface area contributed by atoms with Crippen molar-refractivity contribution >= 4 is 10.8 Å². The summed E-state index contributed by atoms with van der Waals surface area (Å²) < 4.78 is 10.7. The lowest BCUT2D eigenvalue weighted by molar-refractivity contribution is 0.505. The summed E-state index contributed by atoms with van der Waals surface area (Å²) in [5.41, 5.74) is 0. The topological polar surface area (TPSA) is 52.9 Å². The smallest absolute Gasteiger partial charge is 0.0638 e. The molecule has 0 heterocycles. The molecular weight excluding hydrogens is 184 g/mol. The van der Waals surface area contributed by atoms with E-state index in [0.717, 1.165) is 25.1 Å². The van der Waals surface area contributed by atoms with Gasteiger partial charge in [0.25, 0.3) is 0 Å². The van der Waals surface area contributed by atoms with Gasteiger partial charge in [-0.2, -0.15) is 5.26 Å². The highest BCUT2D eigenvalue weighted by Crippen LogP contribution is 1.95. The first-order valence-electron chi connectivity index (χ1n) is 4.61. The molecule has 0 saturated heterocycles. The Kier molecular flexibility index (Phi) is 7.96. The highest BCUT2D eigenvalue weighted by atomic mass is 32.2. The van der Waals surface area contributed by atoms with Crippen LogP contribution in [0.25, 0.3) is 0 Å². The highest BCUT2D eigenvalue weighted by Gasteiger charge is 2.03.